The lowest BCUT2D eigenvalue weighted by molar-refractivity contribution is -0.123. The lowest BCUT2D eigenvalue weighted by atomic mass is 10.0. The first-order valence-electron chi connectivity index (χ1n) is 23.2. The molecule has 0 bridgehead atoms. The number of carbonyl (C=O) groups excluding carboxylic acids is 1. The fraction of sp³-hybridized carbons (Fsp3) is 0.604. The van der Waals surface area contributed by atoms with Crippen LogP contribution in [0.4, 0.5) is 0 Å². The largest absolute Gasteiger partial charge is 0.394 e. The summed E-state index contributed by atoms with van der Waals surface area (Å²) in [5.41, 5.74) is 0. The van der Waals surface area contributed by atoms with Crippen molar-refractivity contribution < 1.29 is 15.0 Å². The van der Waals surface area contributed by atoms with Gasteiger partial charge in [0.25, 0.3) is 0 Å². The molecule has 0 aromatic carbocycles. The van der Waals surface area contributed by atoms with Crippen LogP contribution >= 0.6 is 0 Å². The summed E-state index contributed by atoms with van der Waals surface area (Å²) in [6.07, 6.45) is 73.5. The van der Waals surface area contributed by atoms with E-state index in [0.717, 1.165) is 83.5 Å². The molecular weight excluding hydrogens is 699 g/mol. The number of hydrogen-bond acceptors (Lipinski definition) is 3. The number of amides is 1. The van der Waals surface area contributed by atoms with Crippen molar-refractivity contribution in [3.05, 3.63) is 122 Å². The molecule has 57 heavy (non-hydrogen) atoms. The highest BCUT2D eigenvalue weighted by Gasteiger charge is 2.17. The standard InChI is InChI=1S/C53H87NO3/c1-3-5-7-9-11-12-13-14-15-16-17-18-19-20-21-22-23-24-25-26-27-28-29-30-31-32-33-34-35-36-37-38-39-40-41-42-43-45-47-49-53(57)54-51(50-55)52(56)48-46-44-10-8-6-4-2/h5,7,11-12,14-15,17-18,20-21,23-24,26-27,29-30,32-33,46,48,51-52,55-56H,3-4,6,8-10,13,16,19,22,25,28,31,34-45,47,49-50H2,1-2H3,(H,54,57)/b7-5-,12-11-,15-14-,18-17-,21-20-,24-23-,27-26-,30-29-,33-32-,48-46+. The number of aliphatic hydroxyl groups excluding tert-OH is 2. The fourth-order valence-corrected chi connectivity index (χ4v) is 6.17. The normalized spacial score (nSPS) is 14.1. The van der Waals surface area contributed by atoms with Crippen molar-refractivity contribution in [1.82, 2.24) is 5.32 Å². The first kappa shape index (κ1) is 53.8. The van der Waals surface area contributed by atoms with E-state index in [0.29, 0.717) is 6.42 Å². The lowest BCUT2D eigenvalue weighted by Gasteiger charge is -2.20. The summed E-state index contributed by atoms with van der Waals surface area (Å²) in [5, 5.41) is 22.7. The maximum Gasteiger partial charge on any atom is 0.220 e. The minimum atomic E-state index is -0.843. The maximum absolute atomic E-state index is 12.3. The van der Waals surface area contributed by atoms with E-state index in [1.165, 1.54) is 83.5 Å². The third kappa shape index (κ3) is 43.8. The highest BCUT2D eigenvalue weighted by molar-refractivity contribution is 5.76. The molecule has 0 aliphatic carbocycles. The van der Waals surface area contributed by atoms with Crippen molar-refractivity contribution in [3.8, 4) is 0 Å². The number of allylic oxidation sites excluding steroid dienone is 19. The SMILES string of the molecule is CC/C=C\C/C=C\C/C=C\C/C=C\C/C=C\C/C=C\C/C=C\C/C=C\C/C=C\CCCCCCCCCCCCCC(=O)NC(CO)C(O)/C=C/CCCCCC. The van der Waals surface area contributed by atoms with Crippen molar-refractivity contribution >= 4 is 5.91 Å². The Balaban J connectivity index is 3.57. The van der Waals surface area contributed by atoms with Gasteiger partial charge in [0.2, 0.25) is 5.91 Å². The first-order chi connectivity index (χ1) is 28.2. The Bertz CT molecular complexity index is 1160. The van der Waals surface area contributed by atoms with E-state index < -0.39 is 12.1 Å². The third-order valence-corrected chi connectivity index (χ3v) is 9.70. The van der Waals surface area contributed by atoms with E-state index in [1.54, 1.807) is 6.08 Å². The van der Waals surface area contributed by atoms with Gasteiger partial charge in [-0.05, 0) is 89.9 Å². The van der Waals surface area contributed by atoms with Gasteiger partial charge < -0.3 is 15.5 Å². The van der Waals surface area contributed by atoms with Gasteiger partial charge >= 0.3 is 0 Å². The van der Waals surface area contributed by atoms with Gasteiger partial charge in [-0.25, -0.2) is 0 Å². The van der Waals surface area contributed by atoms with Crippen molar-refractivity contribution in [3.63, 3.8) is 0 Å². The van der Waals surface area contributed by atoms with Crippen LogP contribution < -0.4 is 5.32 Å². The molecule has 0 fully saturated rings. The van der Waals surface area contributed by atoms with Crippen LogP contribution in [0.15, 0.2) is 122 Å². The number of unbranched alkanes of at least 4 members (excludes halogenated alkanes) is 15. The Kier molecular flexibility index (Phi) is 44.5. The number of rotatable bonds is 40. The molecule has 0 aliphatic heterocycles. The summed E-state index contributed by atoms with van der Waals surface area (Å²) in [5.74, 6) is -0.0795. The topological polar surface area (TPSA) is 69.6 Å². The highest BCUT2D eigenvalue weighted by atomic mass is 16.3. The van der Waals surface area contributed by atoms with Crippen LogP contribution in [0.25, 0.3) is 0 Å². The number of nitrogens with one attached hydrogen (secondary N) is 1. The molecule has 2 unspecified atom stereocenters. The summed E-state index contributed by atoms with van der Waals surface area (Å²) >= 11 is 0. The Morgan fingerprint density at radius 1 is 0.439 bits per heavy atom. The van der Waals surface area contributed by atoms with Gasteiger partial charge in [-0.3, -0.25) is 4.79 Å². The number of hydrogen-bond donors (Lipinski definition) is 3. The second-order valence-electron chi connectivity index (χ2n) is 15.1. The van der Waals surface area contributed by atoms with Crippen LogP contribution in [-0.2, 0) is 4.79 Å². The summed E-state index contributed by atoms with van der Waals surface area (Å²) in [4.78, 5) is 12.3. The molecule has 322 valence electrons. The second-order valence-corrected chi connectivity index (χ2v) is 15.1. The van der Waals surface area contributed by atoms with Crippen molar-refractivity contribution in [2.75, 3.05) is 6.61 Å². The molecule has 0 saturated heterocycles. The van der Waals surface area contributed by atoms with Crippen LogP contribution in [-0.4, -0.2) is 34.9 Å². The average molecular weight is 786 g/mol. The Morgan fingerprint density at radius 3 is 1.16 bits per heavy atom. The van der Waals surface area contributed by atoms with Gasteiger partial charge in [0.05, 0.1) is 18.8 Å². The number of carbonyl (C=O) groups is 1. The molecule has 2 atom stereocenters. The summed E-state index contributed by atoms with van der Waals surface area (Å²) in [7, 11) is 0. The smallest absolute Gasteiger partial charge is 0.220 e. The van der Waals surface area contributed by atoms with Crippen LogP contribution in [0, 0.1) is 0 Å². The van der Waals surface area contributed by atoms with Crippen LogP contribution in [0.5, 0.6) is 0 Å². The van der Waals surface area contributed by atoms with Crippen molar-refractivity contribution in [2.45, 2.75) is 199 Å². The molecule has 0 spiro atoms. The van der Waals surface area contributed by atoms with Crippen molar-refractivity contribution in [2.24, 2.45) is 0 Å². The fourth-order valence-electron chi connectivity index (χ4n) is 6.17. The van der Waals surface area contributed by atoms with Gasteiger partial charge in [-0.15, -0.1) is 0 Å². The summed E-state index contributed by atoms with van der Waals surface area (Å²) in [6.45, 7) is 4.10. The predicted molar refractivity (Wildman–Crippen MR) is 252 cm³/mol. The molecule has 0 radical (unpaired) electrons. The maximum atomic E-state index is 12.3. The predicted octanol–water partition coefficient (Wildman–Crippen LogP) is 15.0. The quantitative estimate of drug-likeness (QED) is 0.0428. The van der Waals surface area contributed by atoms with Gasteiger partial charge in [0.1, 0.15) is 0 Å². The summed E-state index contributed by atoms with van der Waals surface area (Å²) in [6, 6.07) is -0.627. The molecule has 1 amide bonds. The van der Waals surface area contributed by atoms with E-state index in [-0.39, 0.29) is 12.5 Å². The van der Waals surface area contributed by atoms with Crippen molar-refractivity contribution in [1.29, 1.82) is 0 Å². The summed E-state index contributed by atoms with van der Waals surface area (Å²) < 4.78 is 0. The van der Waals surface area contributed by atoms with Crippen LogP contribution in [0.2, 0.25) is 0 Å². The highest BCUT2D eigenvalue weighted by Crippen LogP contribution is 2.13. The molecule has 0 heterocycles. The first-order valence-corrected chi connectivity index (χ1v) is 23.2. The zero-order valence-corrected chi connectivity index (χ0v) is 36.8. The van der Waals surface area contributed by atoms with E-state index in [2.05, 4.69) is 129 Å². The van der Waals surface area contributed by atoms with Gasteiger partial charge in [0.15, 0.2) is 0 Å². The minimum absolute atomic E-state index is 0.0795. The molecule has 0 aromatic rings. The zero-order chi connectivity index (χ0) is 41.4. The van der Waals surface area contributed by atoms with E-state index in [4.69, 9.17) is 0 Å². The molecule has 3 N–H and O–H groups in total. The van der Waals surface area contributed by atoms with Crippen LogP contribution in [0.3, 0.4) is 0 Å². The molecular formula is C53H87NO3. The number of aliphatic hydroxyl groups is 2. The average Bonchev–Trinajstić information content (AvgIpc) is 3.22. The Morgan fingerprint density at radius 2 is 0.772 bits per heavy atom. The third-order valence-electron chi connectivity index (χ3n) is 9.70. The van der Waals surface area contributed by atoms with Gasteiger partial charge in [0, 0.05) is 6.42 Å². The minimum Gasteiger partial charge on any atom is -0.394 e. The van der Waals surface area contributed by atoms with E-state index in [1.807, 2.05) is 6.08 Å². The second kappa shape index (κ2) is 47.2. The van der Waals surface area contributed by atoms with E-state index in [9.17, 15) is 15.0 Å². The monoisotopic (exact) mass is 786 g/mol. The van der Waals surface area contributed by atoms with Gasteiger partial charge in [-0.1, -0.05) is 212 Å². The lowest BCUT2D eigenvalue weighted by Crippen LogP contribution is -2.45. The molecule has 4 nitrogen and oxygen atoms in total. The molecule has 0 aromatic heterocycles. The van der Waals surface area contributed by atoms with Crippen LogP contribution in [0.1, 0.15) is 187 Å². The molecule has 0 rings (SSSR count). The Hall–Kier alpha value is -3.21. The molecule has 4 heteroatoms. The molecule has 0 saturated carbocycles. The van der Waals surface area contributed by atoms with Gasteiger partial charge in [-0.2, -0.15) is 0 Å². The molecule has 0 aliphatic rings. The Labute approximate surface area is 352 Å². The van der Waals surface area contributed by atoms with E-state index >= 15 is 0 Å². The zero-order valence-electron chi connectivity index (χ0n) is 36.8.